The third-order valence-electron chi connectivity index (χ3n) is 2.22. The van der Waals surface area contributed by atoms with E-state index in [1.807, 2.05) is 0 Å². The molecule has 0 aliphatic carbocycles. The lowest BCUT2D eigenvalue weighted by Crippen LogP contribution is -2.34. The monoisotopic (exact) mass is 357 g/mol. The average molecular weight is 359 g/mol. The van der Waals surface area contributed by atoms with E-state index in [1.54, 1.807) is 24.3 Å². The molecule has 0 bridgehead atoms. The smallest absolute Gasteiger partial charge is 0.410 e. The molecule has 20 heavy (non-hydrogen) atoms. The van der Waals surface area contributed by atoms with E-state index in [0.29, 0.717) is 10.6 Å². The number of nitrogens with zero attached hydrogens (tertiary/aromatic N) is 1. The Bertz CT molecular complexity index is 484. The summed E-state index contributed by atoms with van der Waals surface area (Å²) >= 11 is 22.1. The summed E-state index contributed by atoms with van der Waals surface area (Å²) < 4.78 is 3.06. The zero-order valence-corrected chi connectivity index (χ0v) is 13.4. The molecule has 0 unspecified atom stereocenters. The molecule has 0 spiro atoms. The van der Waals surface area contributed by atoms with Crippen LogP contribution in [0.5, 0.6) is 0 Å². The van der Waals surface area contributed by atoms with Crippen molar-refractivity contribution in [3.05, 3.63) is 34.9 Å². The summed E-state index contributed by atoms with van der Waals surface area (Å²) in [6.07, 6.45) is -0.751. The Balaban J connectivity index is 2.53. The third kappa shape index (κ3) is 6.18. The number of hydrogen-bond acceptors (Lipinski definition) is 3. The number of likely N-dealkylation sites (N-methyl/N-ethyl adjacent to an activating group) is 1. The fourth-order valence-corrected chi connectivity index (χ4v) is 1.55. The van der Waals surface area contributed by atoms with Crippen LogP contribution in [0.15, 0.2) is 24.3 Å². The van der Waals surface area contributed by atoms with Crippen LogP contribution in [0, 0.1) is 0 Å². The Morgan fingerprint density at radius 2 is 1.75 bits per heavy atom. The summed E-state index contributed by atoms with van der Waals surface area (Å²) in [5, 5.41) is 0.525. The number of carbonyl (C=O) groups excluding carboxylic acids is 2. The van der Waals surface area contributed by atoms with Gasteiger partial charge in [0.25, 0.3) is 0 Å². The van der Waals surface area contributed by atoms with Gasteiger partial charge in [-0.05, 0) is 24.3 Å². The van der Waals surface area contributed by atoms with Crippen molar-refractivity contribution in [2.24, 2.45) is 0 Å². The molecule has 1 amide bonds. The second kappa shape index (κ2) is 7.36. The first kappa shape index (κ1) is 17.4. The van der Waals surface area contributed by atoms with Gasteiger partial charge in [0.2, 0.25) is 3.79 Å². The van der Waals surface area contributed by atoms with Crippen LogP contribution in [-0.4, -0.2) is 40.8 Å². The minimum absolute atomic E-state index is 0.152. The fourth-order valence-electron chi connectivity index (χ4n) is 1.26. The van der Waals surface area contributed by atoms with Gasteiger partial charge in [-0.1, -0.05) is 46.4 Å². The predicted molar refractivity (Wildman–Crippen MR) is 80.1 cm³/mol. The predicted octanol–water partition coefficient (Wildman–Crippen LogP) is 3.96. The van der Waals surface area contributed by atoms with E-state index in [0.717, 1.165) is 4.90 Å². The van der Waals surface area contributed by atoms with E-state index in [2.05, 4.69) is 0 Å². The molecule has 0 atom stereocenters. The van der Waals surface area contributed by atoms with Gasteiger partial charge in [0.1, 0.15) is 6.61 Å². The lowest BCUT2D eigenvalue weighted by atomic mass is 10.1. The average Bonchev–Trinajstić information content (AvgIpc) is 2.35. The van der Waals surface area contributed by atoms with Gasteiger partial charge in [-0.15, -0.1) is 0 Å². The van der Waals surface area contributed by atoms with Gasteiger partial charge in [0, 0.05) is 17.6 Å². The maximum Gasteiger partial charge on any atom is 0.410 e. The first-order valence-electron chi connectivity index (χ1n) is 5.42. The Kier molecular flexibility index (Phi) is 6.40. The van der Waals surface area contributed by atoms with Crippen molar-refractivity contribution in [2.75, 3.05) is 20.2 Å². The standard InChI is InChI=1S/C12H11Cl4NO3/c1-17(11(19)20-7-12(14,15)16)6-10(18)8-2-4-9(13)5-3-8/h2-5H,6-7H2,1H3. The largest absolute Gasteiger partial charge is 0.445 e. The van der Waals surface area contributed by atoms with Crippen LogP contribution in [0.3, 0.4) is 0 Å². The summed E-state index contributed by atoms with van der Waals surface area (Å²) in [6.45, 7) is -0.545. The number of halogens is 4. The molecule has 8 heteroatoms. The number of rotatable bonds is 4. The highest BCUT2D eigenvalue weighted by Gasteiger charge is 2.24. The normalized spacial score (nSPS) is 11.1. The molecule has 1 aromatic carbocycles. The van der Waals surface area contributed by atoms with Gasteiger partial charge < -0.3 is 9.64 Å². The fraction of sp³-hybridized carbons (Fsp3) is 0.333. The SMILES string of the molecule is CN(CC(=O)c1ccc(Cl)cc1)C(=O)OCC(Cl)(Cl)Cl. The molecule has 1 aromatic rings. The zero-order valence-electron chi connectivity index (χ0n) is 10.4. The molecule has 0 fully saturated rings. The molecular formula is C12H11Cl4NO3. The van der Waals surface area contributed by atoms with Crippen LogP contribution in [0.4, 0.5) is 4.79 Å². The van der Waals surface area contributed by atoms with Gasteiger partial charge in [-0.2, -0.15) is 0 Å². The van der Waals surface area contributed by atoms with Gasteiger partial charge in [-0.25, -0.2) is 4.79 Å². The topological polar surface area (TPSA) is 46.6 Å². The first-order chi connectivity index (χ1) is 9.19. The van der Waals surface area contributed by atoms with Crippen LogP contribution < -0.4 is 0 Å². The minimum atomic E-state index is -1.68. The van der Waals surface area contributed by atoms with Crippen molar-refractivity contribution < 1.29 is 14.3 Å². The molecular weight excluding hydrogens is 348 g/mol. The molecule has 1 rings (SSSR count). The Morgan fingerprint density at radius 3 is 2.25 bits per heavy atom. The number of Topliss-reactive ketones (excluding diaryl/α,β-unsaturated/α-hetero) is 1. The molecule has 0 saturated heterocycles. The minimum Gasteiger partial charge on any atom is -0.445 e. The molecule has 0 aliphatic rings. The van der Waals surface area contributed by atoms with Crippen molar-refractivity contribution in [2.45, 2.75) is 3.79 Å². The van der Waals surface area contributed by atoms with Crippen LogP contribution in [0.2, 0.25) is 5.02 Å². The number of amides is 1. The van der Waals surface area contributed by atoms with E-state index >= 15 is 0 Å². The summed E-state index contributed by atoms with van der Waals surface area (Å²) in [5.74, 6) is -0.255. The number of ketones is 1. The molecule has 0 aromatic heterocycles. The highest BCUT2D eigenvalue weighted by atomic mass is 35.6. The Hall–Kier alpha value is -0.680. The molecule has 0 N–H and O–H groups in total. The van der Waals surface area contributed by atoms with Crippen molar-refractivity contribution in [1.82, 2.24) is 4.90 Å². The molecule has 4 nitrogen and oxygen atoms in total. The summed E-state index contributed by atoms with van der Waals surface area (Å²) in [4.78, 5) is 24.6. The van der Waals surface area contributed by atoms with E-state index < -0.39 is 16.5 Å². The second-order valence-electron chi connectivity index (χ2n) is 3.96. The van der Waals surface area contributed by atoms with Crippen LogP contribution in [0.25, 0.3) is 0 Å². The molecule has 0 aliphatic heterocycles. The number of alkyl halides is 3. The van der Waals surface area contributed by atoms with Crippen molar-refractivity contribution in [3.8, 4) is 0 Å². The maximum absolute atomic E-state index is 11.9. The quantitative estimate of drug-likeness (QED) is 0.604. The van der Waals surface area contributed by atoms with Crippen LogP contribution >= 0.6 is 46.4 Å². The Labute approximate surface area is 136 Å². The van der Waals surface area contributed by atoms with Gasteiger partial charge in [0.15, 0.2) is 5.78 Å². The Morgan fingerprint density at radius 1 is 1.20 bits per heavy atom. The van der Waals surface area contributed by atoms with Crippen molar-refractivity contribution >= 4 is 58.3 Å². The molecule has 0 saturated carbocycles. The molecule has 0 heterocycles. The first-order valence-corrected chi connectivity index (χ1v) is 6.93. The van der Waals surface area contributed by atoms with E-state index in [4.69, 9.17) is 51.1 Å². The van der Waals surface area contributed by atoms with Crippen LogP contribution in [-0.2, 0) is 4.74 Å². The number of hydrogen-bond donors (Lipinski definition) is 0. The zero-order chi connectivity index (χ0) is 15.3. The molecule has 0 radical (unpaired) electrons. The van der Waals surface area contributed by atoms with E-state index in [9.17, 15) is 9.59 Å². The lowest BCUT2D eigenvalue weighted by Gasteiger charge is -2.18. The summed E-state index contributed by atoms with van der Waals surface area (Å²) in [5.41, 5.74) is 0.440. The molecule has 110 valence electrons. The highest BCUT2D eigenvalue weighted by molar-refractivity contribution is 6.67. The van der Waals surface area contributed by atoms with Crippen LogP contribution in [0.1, 0.15) is 10.4 Å². The van der Waals surface area contributed by atoms with E-state index in [-0.39, 0.29) is 12.3 Å². The number of ether oxygens (including phenoxy) is 1. The summed E-state index contributed by atoms with van der Waals surface area (Å²) in [7, 11) is 1.41. The van der Waals surface area contributed by atoms with Gasteiger partial charge in [0.05, 0.1) is 6.54 Å². The third-order valence-corrected chi connectivity index (χ3v) is 2.80. The highest BCUT2D eigenvalue weighted by Crippen LogP contribution is 2.26. The number of carbonyl (C=O) groups is 2. The van der Waals surface area contributed by atoms with Crippen molar-refractivity contribution in [3.63, 3.8) is 0 Å². The maximum atomic E-state index is 11.9. The second-order valence-corrected chi connectivity index (χ2v) is 6.91. The van der Waals surface area contributed by atoms with Crippen molar-refractivity contribution in [1.29, 1.82) is 0 Å². The summed E-state index contributed by atoms with van der Waals surface area (Å²) in [6, 6.07) is 6.34. The van der Waals surface area contributed by atoms with E-state index in [1.165, 1.54) is 7.05 Å². The van der Waals surface area contributed by atoms with Gasteiger partial charge >= 0.3 is 6.09 Å². The number of benzene rings is 1. The lowest BCUT2D eigenvalue weighted by molar-refractivity contribution is 0.0873. The van der Waals surface area contributed by atoms with Gasteiger partial charge in [-0.3, -0.25) is 4.79 Å².